The van der Waals surface area contributed by atoms with Gasteiger partial charge in [-0.2, -0.15) is 0 Å². The molecule has 0 heterocycles. The van der Waals surface area contributed by atoms with E-state index in [1.807, 2.05) is 0 Å². The predicted octanol–water partition coefficient (Wildman–Crippen LogP) is 2.19. The van der Waals surface area contributed by atoms with E-state index in [9.17, 15) is 0 Å². The van der Waals surface area contributed by atoms with Crippen LogP contribution in [-0.4, -0.2) is 5.38 Å². The molecular weight excluding hydrogens is 95.5 g/mol. The van der Waals surface area contributed by atoms with E-state index in [0.717, 1.165) is 0 Å². The first-order valence-corrected chi connectivity index (χ1v) is 2.47. The van der Waals surface area contributed by atoms with E-state index in [1.165, 1.54) is 12.8 Å². The van der Waals surface area contributed by atoms with Crippen LogP contribution < -0.4 is 0 Å². The summed E-state index contributed by atoms with van der Waals surface area (Å²) in [6, 6.07) is 0. The van der Waals surface area contributed by atoms with Crippen molar-refractivity contribution in [2.24, 2.45) is 0 Å². The minimum atomic E-state index is 0.556. The van der Waals surface area contributed by atoms with Crippen LogP contribution >= 0.6 is 11.6 Å². The Morgan fingerprint density at radius 2 is 1.50 bits per heavy atom. The molecule has 1 fully saturated rings. The molecule has 6 heavy (non-hydrogen) atoms. The lowest BCUT2D eigenvalue weighted by molar-refractivity contribution is 1.50. The summed E-state index contributed by atoms with van der Waals surface area (Å²) in [6.45, 7) is 6.00. The fraction of sp³-hybridized carbons (Fsp3) is 0.600. The van der Waals surface area contributed by atoms with Gasteiger partial charge >= 0.3 is 0 Å². The third-order valence-electron chi connectivity index (χ3n) is 0.507. The fourth-order valence-corrected chi connectivity index (χ4v) is 0.189. The van der Waals surface area contributed by atoms with Gasteiger partial charge in [-0.1, -0.05) is 0 Å². The quantitative estimate of drug-likeness (QED) is 0.327. The summed E-state index contributed by atoms with van der Waals surface area (Å²) >= 11 is 5.39. The largest absolute Gasteiger partial charge is 0.123 e. The van der Waals surface area contributed by atoms with Crippen molar-refractivity contribution in [3.8, 4) is 0 Å². The Bertz CT molecular complexity index is 30.9. The Morgan fingerprint density at radius 3 is 1.50 bits per heavy atom. The normalized spacial score (nSPS) is 18.2. The van der Waals surface area contributed by atoms with E-state index in [1.54, 1.807) is 0 Å². The van der Waals surface area contributed by atoms with Crippen LogP contribution in [0.4, 0.5) is 0 Å². The van der Waals surface area contributed by atoms with Gasteiger partial charge in [-0.05, 0) is 12.8 Å². The van der Waals surface area contributed by atoms with Crippen molar-refractivity contribution in [2.75, 3.05) is 0 Å². The Labute approximate surface area is 43.8 Å². The summed E-state index contributed by atoms with van der Waals surface area (Å²) in [5.74, 6) is 0. The van der Waals surface area contributed by atoms with Crippen molar-refractivity contribution >= 4 is 11.6 Å². The van der Waals surface area contributed by atoms with Gasteiger partial charge in [0, 0.05) is 5.38 Å². The lowest BCUT2D eigenvalue weighted by Gasteiger charge is -1.50. The van der Waals surface area contributed by atoms with Gasteiger partial charge < -0.3 is 0 Å². The highest BCUT2D eigenvalue weighted by atomic mass is 35.5. The molecule has 36 valence electrons. The molecule has 1 saturated carbocycles. The first-order valence-electron chi connectivity index (χ1n) is 2.03. The minimum absolute atomic E-state index is 0.556. The highest BCUT2D eigenvalue weighted by Gasteiger charge is 2.15. The zero-order chi connectivity index (χ0) is 4.99. The lowest BCUT2D eigenvalue weighted by Crippen LogP contribution is -1.45. The molecule has 0 aromatic heterocycles. The summed E-state index contributed by atoms with van der Waals surface area (Å²) < 4.78 is 0. The van der Waals surface area contributed by atoms with E-state index in [4.69, 9.17) is 11.6 Å². The van der Waals surface area contributed by atoms with Crippen LogP contribution in [0.1, 0.15) is 12.8 Å². The minimum Gasteiger partial charge on any atom is -0.123 e. The number of alkyl halides is 1. The molecule has 0 unspecified atom stereocenters. The van der Waals surface area contributed by atoms with Crippen molar-refractivity contribution in [1.82, 2.24) is 0 Å². The predicted molar refractivity (Wildman–Crippen MR) is 30.1 cm³/mol. The van der Waals surface area contributed by atoms with Gasteiger partial charge in [0.05, 0.1) is 0 Å². The molecule has 0 aromatic rings. The van der Waals surface area contributed by atoms with Gasteiger partial charge in [0.25, 0.3) is 0 Å². The highest BCUT2D eigenvalue weighted by molar-refractivity contribution is 6.22. The average Bonchev–Trinajstić information content (AvgIpc) is 2.30. The van der Waals surface area contributed by atoms with Crippen LogP contribution in [0.25, 0.3) is 0 Å². The van der Waals surface area contributed by atoms with Crippen molar-refractivity contribution < 1.29 is 0 Å². The Hall–Kier alpha value is 0.0300. The third kappa shape index (κ3) is 4.03. The van der Waals surface area contributed by atoms with Crippen LogP contribution in [0.15, 0.2) is 13.2 Å². The molecule has 0 radical (unpaired) electrons. The second kappa shape index (κ2) is 3.23. The topological polar surface area (TPSA) is 0 Å². The molecule has 0 aliphatic heterocycles. The molecule has 0 atom stereocenters. The van der Waals surface area contributed by atoms with E-state index in [-0.39, 0.29) is 0 Å². The fourth-order valence-electron chi connectivity index (χ4n) is 0.0630. The van der Waals surface area contributed by atoms with Gasteiger partial charge in [-0.3, -0.25) is 0 Å². The summed E-state index contributed by atoms with van der Waals surface area (Å²) in [5, 5.41) is 0.556. The molecule has 0 N–H and O–H groups in total. The maximum absolute atomic E-state index is 5.39. The molecular formula is C5H9Cl. The highest BCUT2D eigenvalue weighted by Crippen LogP contribution is 2.25. The first kappa shape index (κ1) is 6.03. The van der Waals surface area contributed by atoms with Crippen molar-refractivity contribution in [3.63, 3.8) is 0 Å². The van der Waals surface area contributed by atoms with Gasteiger partial charge in [-0.25, -0.2) is 0 Å². The van der Waals surface area contributed by atoms with E-state index in [0.29, 0.717) is 5.38 Å². The lowest BCUT2D eigenvalue weighted by atomic mass is 11.0. The standard InChI is InChI=1S/C3H5Cl.C2H4/c4-3-1-2-3;1-2/h3H,1-2H2;1-2H2. The zero-order valence-corrected chi connectivity index (χ0v) is 4.54. The van der Waals surface area contributed by atoms with Crippen molar-refractivity contribution in [3.05, 3.63) is 13.2 Å². The maximum Gasteiger partial charge on any atom is 0.0337 e. The third-order valence-corrected chi connectivity index (χ3v) is 0.943. The van der Waals surface area contributed by atoms with Crippen LogP contribution in [0.2, 0.25) is 0 Å². The summed E-state index contributed by atoms with van der Waals surface area (Å²) in [5.41, 5.74) is 0. The number of rotatable bonds is 0. The molecule has 0 saturated heterocycles. The van der Waals surface area contributed by atoms with Crippen LogP contribution in [0.3, 0.4) is 0 Å². The number of halogens is 1. The second-order valence-electron chi connectivity index (χ2n) is 1.17. The van der Waals surface area contributed by atoms with Crippen molar-refractivity contribution in [1.29, 1.82) is 0 Å². The summed E-state index contributed by atoms with van der Waals surface area (Å²) in [7, 11) is 0. The summed E-state index contributed by atoms with van der Waals surface area (Å²) in [6.07, 6.45) is 2.50. The SMILES string of the molecule is C=C.ClC1CC1. The summed E-state index contributed by atoms with van der Waals surface area (Å²) in [4.78, 5) is 0. The van der Waals surface area contributed by atoms with E-state index >= 15 is 0 Å². The first-order chi connectivity index (χ1) is 2.89. The Kier molecular flexibility index (Phi) is 3.24. The molecule has 0 nitrogen and oxygen atoms in total. The van der Waals surface area contributed by atoms with Crippen molar-refractivity contribution in [2.45, 2.75) is 18.2 Å². The molecule has 1 aliphatic rings. The molecule has 1 rings (SSSR count). The molecule has 1 heteroatoms. The monoisotopic (exact) mass is 104 g/mol. The Balaban J connectivity index is 0.000000112. The van der Waals surface area contributed by atoms with Gasteiger partial charge in [-0.15, -0.1) is 24.8 Å². The van der Waals surface area contributed by atoms with Gasteiger partial charge in [0.2, 0.25) is 0 Å². The number of hydrogen-bond donors (Lipinski definition) is 0. The zero-order valence-electron chi connectivity index (χ0n) is 3.78. The van der Waals surface area contributed by atoms with Crippen LogP contribution in [0.5, 0.6) is 0 Å². The van der Waals surface area contributed by atoms with Gasteiger partial charge in [0.1, 0.15) is 0 Å². The molecule has 0 aromatic carbocycles. The second-order valence-corrected chi connectivity index (χ2v) is 1.79. The molecule has 1 aliphatic carbocycles. The Morgan fingerprint density at radius 1 is 1.33 bits per heavy atom. The van der Waals surface area contributed by atoms with Gasteiger partial charge in [0.15, 0.2) is 0 Å². The average molecular weight is 105 g/mol. The maximum atomic E-state index is 5.39. The van der Waals surface area contributed by atoms with E-state index < -0.39 is 0 Å². The number of hydrogen-bond acceptors (Lipinski definition) is 0. The van der Waals surface area contributed by atoms with E-state index in [2.05, 4.69) is 13.2 Å². The molecule has 0 amide bonds. The molecule has 0 spiro atoms. The smallest absolute Gasteiger partial charge is 0.0337 e. The van der Waals surface area contributed by atoms with Crippen LogP contribution in [0, 0.1) is 0 Å². The van der Waals surface area contributed by atoms with Crippen LogP contribution in [-0.2, 0) is 0 Å². The molecule has 0 bridgehead atoms.